The van der Waals surface area contributed by atoms with E-state index in [9.17, 15) is 15.3 Å². The standard InChI is InChI=1S/C21H23ClN8O4S/c1-10(8-35-21-26-16(28-29-21)11-5-3-2-4-6-11)24-17-13-18(27-20(22)25-17)30(9-23-13)19-15(33)14(32)12(7-31)34-19/h2-6,9-10,12,14-15,19,31-33H,7-8H2,1H3,(H,24,25,27)(H,26,28,29)/t10?,12-,14?,15?,19-/m1/s1. The number of rotatable bonds is 8. The zero-order chi connectivity index (χ0) is 24.5. The quantitative estimate of drug-likeness (QED) is 0.169. The van der Waals surface area contributed by atoms with E-state index in [1.54, 1.807) is 0 Å². The molecule has 184 valence electrons. The van der Waals surface area contributed by atoms with Crippen LogP contribution in [0.2, 0.25) is 5.28 Å². The Bertz CT molecular complexity index is 1310. The van der Waals surface area contributed by atoms with Crippen LogP contribution in [-0.4, -0.2) is 86.7 Å². The molecule has 12 nitrogen and oxygen atoms in total. The topological polar surface area (TPSA) is 167 Å². The number of benzene rings is 1. The fraction of sp³-hybridized carbons (Fsp3) is 0.381. The highest BCUT2D eigenvalue weighted by Gasteiger charge is 2.44. The number of aliphatic hydroxyl groups is 3. The van der Waals surface area contributed by atoms with Crippen LogP contribution in [0, 0.1) is 0 Å². The second-order valence-electron chi connectivity index (χ2n) is 8.08. The van der Waals surface area contributed by atoms with E-state index in [4.69, 9.17) is 16.3 Å². The van der Waals surface area contributed by atoms with Crippen LogP contribution in [0.5, 0.6) is 0 Å². The number of fused-ring (bicyclic) bond motifs is 1. The molecule has 0 bridgehead atoms. The van der Waals surface area contributed by atoms with Gasteiger partial charge in [0.1, 0.15) is 18.3 Å². The molecule has 1 saturated heterocycles. The average Bonchev–Trinajstić information content (AvgIpc) is 3.57. The second kappa shape index (κ2) is 10.0. The molecule has 0 spiro atoms. The molecule has 5 atom stereocenters. The van der Waals surface area contributed by atoms with Gasteiger partial charge in [-0.15, -0.1) is 5.10 Å². The van der Waals surface area contributed by atoms with E-state index in [1.807, 2.05) is 37.3 Å². The predicted octanol–water partition coefficient (Wildman–Crippen LogP) is 1.47. The van der Waals surface area contributed by atoms with Crippen LogP contribution in [0.25, 0.3) is 22.6 Å². The Morgan fingerprint density at radius 2 is 2.00 bits per heavy atom. The first-order valence-corrected chi connectivity index (χ1v) is 12.2. The van der Waals surface area contributed by atoms with Crippen molar-refractivity contribution in [3.05, 3.63) is 41.9 Å². The Kier molecular flexibility index (Phi) is 6.86. The summed E-state index contributed by atoms with van der Waals surface area (Å²) >= 11 is 7.65. The summed E-state index contributed by atoms with van der Waals surface area (Å²) in [6.07, 6.45) is -2.99. The number of thioether (sulfide) groups is 1. The van der Waals surface area contributed by atoms with Crippen LogP contribution in [0.15, 0.2) is 41.8 Å². The Balaban J connectivity index is 1.29. The molecule has 1 aliphatic heterocycles. The fourth-order valence-corrected chi connectivity index (χ4v) is 4.71. The number of hydrogen-bond acceptors (Lipinski definition) is 11. The summed E-state index contributed by atoms with van der Waals surface area (Å²) in [4.78, 5) is 17.4. The third kappa shape index (κ3) is 4.83. The maximum Gasteiger partial charge on any atom is 0.226 e. The summed E-state index contributed by atoms with van der Waals surface area (Å²) in [5, 5.41) is 41.0. The van der Waals surface area contributed by atoms with Crippen LogP contribution in [0.3, 0.4) is 0 Å². The lowest BCUT2D eigenvalue weighted by Crippen LogP contribution is -2.33. The number of nitrogens with one attached hydrogen (secondary N) is 2. The molecule has 3 aromatic heterocycles. The zero-order valence-electron chi connectivity index (χ0n) is 18.5. The minimum atomic E-state index is -1.27. The largest absolute Gasteiger partial charge is 0.394 e. The van der Waals surface area contributed by atoms with Crippen molar-refractivity contribution in [2.24, 2.45) is 0 Å². The summed E-state index contributed by atoms with van der Waals surface area (Å²) in [6.45, 7) is 1.54. The van der Waals surface area contributed by atoms with Crippen molar-refractivity contribution in [2.45, 2.75) is 42.7 Å². The Labute approximate surface area is 208 Å². The molecule has 1 aromatic carbocycles. The number of anilines is 1. The second-order valence-corrected chi connectivity index (χ2v) is 9.41. The van der Waals surface area contributed by atoms with Gasteiger partial charge in [0.2, 0.25) is 10.4 Å². The van der Waals surface area contributed by atoms with Crippen molar-refractivity contribution in [1.29, 1.82) is 0 Å². The molecular weight excluding hydrogens is 496 g/mol. The van der Waals surface area contributed by atoms with Crippen molar-refractivity contribution in [1.82, 2.24) is 34.7 Å². The first kappa shape index (κ1) is 23.9. The van der Waals surface area contributed by atoms with Gasteiger partial charge in [-0.1, -0.05) is 42.1 Å². The Hall–Kier alpha value is -2.81. The molecule has 0 amide bonds. The number of imidazole rings is 1. The smallest absolute Gasteiger partial charge is 0.226 e. The van der Waals surface area contributed by atoms with Gasteiger partial charge in [-0.25, -0.2) is 9.97 Å². The van der Waals surface area contributed by atoms with Gasteiger partial charge in [0, 0.05) is 17.4 Å². The molecule has 1 fully saturated rings. The Morgan fingerprint density at radius 3 is 2.74 bits per heavy atom. The van der Waals surface area contributed by atoms with Gasteiger partial charge in [-0.2, -0.15) is 9.97 Å². The number of aromatic nitrogens is 7. The Morgan fingerprint density at radius 1 is 1.20 bits per heavy atom. The lowest BCUT2D eigenvalue weighted by molar-refractivity contribution is -0.0511. The maximum absolute atomic E-state index is 10.4. The molecule has 3 unspecified atom stereocenters. The number of aliphatic hydroxyl groups excluding tert-OH is 3. The molecule has 35 heavy (non-hydrogen) atoms. The van der Waals surface area contributed by atoms with E-state index in [1.165, 1.54) is 22.7 Å². The highest BCUT2D eigenvalue weighted by molar-refractivity contribution is 7.99. The molecular formula is C21H23ClN8O4S. The molecule has 5 N–H and O–H groups in total. The van der Waals surface area contributed by atoms with Crippen LogP contribution in [0.1, 0.15) is 13.2 Å². The average molecular weight is 519 g/mol. The lowest BCUT2D eigenvalue weighted by atomic mass is 10.1. The maximum atomic E-state index is 10.4. The highest BCUT2D eigenvalue weighted by atomic mass is 35.5. The fourth-order valence-electron chi connectivity index (χ4n) is 3.80. The minimum absolute atomic E-state index is 0.0187. The number of aromatic amines is 1. The third-order valence-corrected chi connectivity index (χ3v) is 6.82. The minimum Gasteiger partial charge on any atom is -0.394 e. The first-order valence-electron chi connectivity index (χ1n) is 10.8. The summed E-state index contributed by atoms with van der Waals surface area (Å²) in [6, 6.07) is 9.69. The van der Waals surface area contributed by atoms with Gasteiger partial charge >= 0.3 is 0 Å². The number of halogens is 1. The van der Waals surface area contributed by atoms with Crippen molar-refractivity contribution < 1.29 is 20.1 Å². The molecule has 0 aliphatic carbocycles. The van der Waals surface area contributed by atoms with Gasteiger partial charge in [0.15, 0.2) is 29.0 Å². The van der Waals surface area contributed by atoms with Crippen LogP contribution in [-0.2, 0) is 4.74 Å². The number of H-pyrrole nitrogens is 1. The molecule has 14 heteroatoms. The number of ether oxygens (including phenoxy) is 1. The summed E-state index contributed by atoms with van der Waals surface area (Å²) in [7, 11) is 0. The summed E-state index contributed by atoms with van der Waals surface area (Å²) in [5.74, 6) is 1.75. The number of hydrogen-bond donors (Lipinski definition) is 5. The third-order valence-electron chi connectivity index (χ3n) is 5.54. The highest BCUT2D eigenvalue weighted by Crippen LogP contribution is 2.33. The monoisotopic (exact) mass is 518 g/mol. The molecule has 5 rings (SSSR count). The van der Waals surface area contributed by atoms with E-state index in [0.717, 1.165) is 5.56 Å². The van der Waals surface area contributed by atoms with E-state index in [-0.39, 0.29) is 11.3 Å². The van der Waals surface area contributed by atoms with Gasteiger partial charge in [0.05, 0.1) is 12.9 Å². The summed E-state index contributed by atoms with van der Waals surface area (Å²) in [5.41, 5.74) is 1.71. The van der Waals surface area contributed by atoms with E-state index in [2.05, 4.69) is 35.5 Å². The van der Waals surface area contributed by atoms with Crippen LogP contribution < -0.4 is 5.32 Å². The zero-order valence-corrected chi connectivity index (χ0v) is 20.1. The van der Waals surface area contributed by atoms with E-state index < -0.39 is 31.1 Å². The number of nitrogens with zero attached hydrogens (tertiary/aromatic N) is 6. The summed E-state index contributed by atoms with van der Waals surface area (Å²) < 4.78 is 7.07. The van der Waals surface area contributed by atoms with E-state index >= 15 is 0 Å². The van der Waals surface area contributed by atoms with Gasteiger partial charge in [-0.05, 0) is 18.5 Å². The van der Waals surface area contributed by atoms with Crippen molar-refractivity contribution >= 4 is 40.3 Å². The predicted molar refractivity (Wildman–Crippen MR) is 129 cm³/mol. The molecule has 4 heterocycles. The van der Waals surface area contributed by atoms with Crippen molar-refractivity contribution in [2.75, 3.05) is 17.7 Å². The molecule has 0 saturated carbocycles. The first-order chi connectivity index (χ1) is 16.9. The van der Waals surface area contributed by atoms with Crippen molar-refractivity contribution in [3.8, 4) is 11.4 Å². The SMILES string of the molecule is CC(CSc1n[nH]c(-c2ccccc2)n1)Nc1nc(Cl)nc2c1ncn2[C@@H]1O[C@H](CO)C(O)C1O. The van der Waals surface area contributed by atoms with Gasteiger partial charge in [0.25, 0.3) is 0 Å². The molecule has 1 aliphatic rings. The van der Waals surface area contributed by atoms with Crippen molar-refractivity contribution in [3.63, 3.8) is 0 Å². The van der Waals surface area contributed by atoms with E-state index in [0.29, 0.717) is 33.7 Å². The lowest BCUT2D eigenvalue weighted by Gasteiger charge is -2.17. The normalized spacial score (nSPS) is 23.1. The van der Waals surface area contributed by atoms with Gasteiger partial charge < -0.3 is 25.4 Å². The van der Waals surface area contributed by atoms with Crippen LogP contribution >= 0.6 is 23.4 Å². The molecule has 4 aromatic rings. The van der Waals surface area contributed by atoms with Gasteiger partial charge in [-0.3, -0.25) is 9.67 Å². The molecule has 0 radical (unpaired) electrons. The van der Waals surface area contributed by atoms with Crippen LogP contribution in [0.4, 0.5) is 5.82 Å².